The molecule has 0 radical (unpaired) electrons. The molecule has 0 aliphatic heterocycles. The number of hydrogen-bond acceptors (Lipinski definition) is 5. The van der Waals surface area contributed by atoms with E-state index in [1.165, 1.54) is 4.57 Å². The first kappa shape index (κ1) is 20.3. The van der Waals surface area contributed by atoms with Crippen molar-refractivity contribution in [1.29, 1.82) is 0 Å². The number of aromatic nitrogens is 3. The van der Waals surface area contributed by atoms with Gasteiger partial charge < -0.3 is 11.1 Å². The monoisotopic (exact) mass is 387 g/mol. The predicted octanol–water partition coefficient (Wildman–Crippen LogP) is 1.62. The molecule has 1 aliphatic rings. The van der Waals surface area contributed by atoms with Crippen LogP contribution < -0.4 is 22.3 Å². The second-order valence-corrected chi connectivity index (χ2v) is 7.73. The molecule has 2 heterocycles. The maximum absolute atomic E-state index is 13.0. The average molecular weight is 387 g/mol. The van der Waals surface area contributed by atoms with Crippen LogP contribution in [0.15, 0.2) is 15.7 Å². The number of nitrogens with two attached hydrogens (primary N) is 1. The molecule has 0 saturated heterocycles. The molecule has 8 nitrogen and oxygen atoms in total. The van der Waals surface area contributed by atoms with Gasteiger partial charge in [0.1, 0.15) is 0 Å². The van der Waals surface area contributed by atoms with Crippen molar-refractivity contribution in [1.82, 2.24) is 19.9 Å². The molecule has 0 unspecified atom stereocenters. The Labute approximate surface area is 163 Å². The van der Waals surface area contributed by atoms with Crippen LogP contribution in [0.4, 0.5) is 0 Å². The molecule has 3 rings (SSSR count). The van der Waals surface area contributed by atoms with Crippen molar-refractivity contribution in [3.63, 3.8) is 0 Å². The first-order chi connectivity index (χ1) is 13.3. The number of H-pyrrole nitrogens is 1. The van der Waals surface area contributed by atoms with Crippen LogP contribution in [0.3, 0.4) is 0 Å². The van der Waals surface area contributed by atoms with Gasteiger partial charge in [-0.05, 0) is 38.2 Å². The molecule has 152 valence electrons. The number of amides is 1. The van der Waals surface area contributed by atoms with Gasteiger partial charge in [0, 0.05) is 30.2 Å². The molecule has 0 spiro atoms. The van der Waals surface area contributed by atoms with Gasteiger partial charge in [-0.25, -0.2) is 9.78 Å². The summed E-state index contributed by atoms with van der Waals surface area (Å²) in [4.78, 5) is 44.8. The van der Waals surface area contributed by atoms with E-state index in [9.17, 15) is 14.4 Å². The number of nitrogens with zero attached hydrogens (tertiary/aromatic N) is 2. The molecule has 0 aromatic carbocycles. The number of aromatic amines is 1. The Morgan fingerprint density at radius 1 is 1.32 bits per heavy atom. The van der Waals surface area contributed by atoms with Gasteiger partial charge in [0.25, 0.3) is 11.5 Å². The summed E-state index contributed by atoms with van der Waals surface area (Å²) >= 11 is 0. The van der Waals surface area contributed by atoms with Crippen molar-refractivity contribution in [2.24, 2.45) is 5.73 Å². The lowest BCUT2D eigenvalue weighted by Crippen LogP contribution is -2.49. The number of fused-ring (bicyclic) bond motifs is 1. The highest BCUT2D eigenvalue weighted by molar-refractivity contribution is 6.05. The normalized spacial score (nSPS) is 14.4. The van der Waals surface area contributed by atoms with Crippen LogP contribution in [0.2, 0.25) is 0 Å². The summed E-state index contributed by atoms with van der Waals surface area (Å²) in [5, 5.41) is 3.04. The number of carbonyl (C=O) groups excluding carboxylic acids is 1. The largest absolute Gasteiger partial charge is 0.350 e. The van der Waals surface area contributed by atoms with Gasteiger partial charge >= 0.3 is 5.69 Å². The molecule has 2 aromatic rings. The minimum atomic E-state index is -0.586. The smallest absolute Gasteiger partial charge is 0.329 e. The Hall–Kier alpha value is -2.48. The summed E-state index contributed by atoms with van der Waals surface area (Å²) in [6, 6.07) is 1.70. The number of hydrogen-bond donors (Lipinski definition) is 3. The third-order valence-electron chi connectivity index (χ3n) is 5.67. The van der Waals surface area contributed by atoms with Crippen LogP contribution in [-0.2, 0) is 6.54 Å². The predicted molar refractivity (Wildman–Crippen MR) is 109 cm³/mol. The van der Waals surface area contributed by atoms with Crippen LogP contribution in [0.1, 0.15) is 74.8 Å². The molecular formula is C20H29N5O3. The first-order valence-electron chi connectivity index (χ1n) is 10.1. The maximum atomic E-state index is 13.0. The molecule has 1 saturated carbocycles. The lowest BCUT2D eigenvalue weighted by Gasteiger charge is -2.27. The highest BCUT2D eigenvalue weighted by Gasteiger charge is 2.29. The molecule has 2 aromatic heterocycles. The van der Waals surface area contributed by atoms with Gasteiger partial charge in [0.2, 0.25) is 0 Å². The zero-order valence-electron chi connectivity index (χ0n) is 16.8. The lowest BCUT2D eigenvalue weighted by molar-refractivity contribution is 0.0943. The summed E-state index contributed by atoms with van der Waals surface area (Å²) in [6.45, 7) is 6.64. The minimum Gasteiger partial charge on any atom is -0.350 e. The zero-order valence-corrected chi connectivity index (χ0v) is 16.8. The fourth-order valence-electron chi connectivity index (χ4n) is 3.34. The number of aryl methyl sites for hydroxylation is 1. The van der Waals surface area contributed by atoms with Gasteiger partial charge in [-0.3, -0.25) is 19.1 Å². The van der Waals surface area contributed by atoms with Gasteiger partial charge in [0.05, 0.1) is 10.9 Å². The number of nitrogens with one attached hydrogen (secondary N) is 2. The van der Waals surface area contributed by atoms with Gasteiger partial charge in [-0.2, -0.15) is 0 Å². The van der Waals surface area contributed by atoms with E-state index in [1.54, 1.807) is 6.07 Å². The summed E-state index contributed by atoms with van der Waals surface area (Å²) in [7, 11) is 0. The Bertz CT molecular complexity index is 999. The van der Waals surface area contributed by atoms with Crippen molar-refractivity contribution in [3.8, 4) is 0 Å². The first-order valence-corrected chi connectivity index (χ1v) is 10.1. The highest BCUT2D eigenvalue weighted by atomic mass is 16.2. The van der Waals surface area contributed by atoms with Gasteiger partial charge in [-0.1, -0.05) is 20.8 Å². The lowest BCUT2D eigenvalue weighted by atomic mass is 9.94. The molecule has 8 heteroatoms. The summed E-state index contributed by atoms with van der Waals surface area (Å²) < 4.78 is 1.45. The van der Waals surface area contributed by atoms with Crippen molar-refractivity contribution in [2.45, 2.75) is 70.9 Å². The van der Waals surface area contributed by atoms with Crippen LogP contribution in [0.25, 0.3) is 11.0 Å². The fraction of sp³-hybridized carbons (Fsp3) is 0.600. The Balaban J connectivity index is 2.13. The van der Waals surface area contributed by atoms with E-state index in [2.05, 4.69) is 15.3 Å². The van der Waals surface area contributed by atoms with Crippen LogP contribution >= 0.6 is 0 Å². The van der Waals surface area contributed by atoms with E-state index < -0.39 is 16.8 Å². The second-order valence-electron chi connectivity index (χ2n) is 7.73. The molecule has 1 aliphatic carbocycles. The maximum Gasteiger partial charge on any atom is 0.329 e. The molecule has 1 amide bonds. The summed E-state index contributed by atoms with van der Waals surface area (Å²) in [5.41, 5.74) is 6.03. The molecular weight excluding hydrogens is 358 g/mol. The highest BCUT2D eigenvalue weighted by Crippen LogP contribution is 2.39. The van der Waals surface area contributed by atoms with E-state index >= 15 is 0 Å². The average Bonchev–Trinajstić information content (AvgIpc) is 3.53. The molecule has 1 fully saturated rings. The number of rotatable bonds is 8. The number of pyridine rings is 1. The summed E-state index contributed by atoms with van der Waals surface area (Å²) in [6.07, 6.45) is 4.16. The topological polar surface area (TPSA) is 123 Å². The van der Waals surface area contributed by atoms with Crippen LogP contribution in [0, 0.1) is 0 Å². The Kier molecular flexibility index (Phi) is 5.69. The Morgan fingerprint density at radius 2 is 2.00 bits per heavy atom. The third kappa shape index (κ3) is 3.87. The second kappa shape index (κ2) is 7.87. The van der Waals surface area contributed by atoms with Crippen molar-refractivity contribution in [3.05, 3.63) is 38.2 Å². The van der Waals surface area contributed by atoms with E-state index in [1.807, 2.05) is 20.8 Å². The van der Waals surface area contributed by atoms with E-state index in [4.69, 9.17) is 5.73 Å². The van der Waals surface area contributed by atoms with E-state index in [0.717, 1.165) is 31.4 Å². The molecule has 28 heavy (non-hydrogen) atoms. The van der Waals surface area contributed by atoms with Crippen molar-refractivity contribution < 1.29 is 4.79 Å². The molecule has 0 bridgehead atoms. The van der Waals surface area contributed by atoms with E-state index in [-0.39, 0.29) is 28.4 Å². The minimum absolute atomic E-state index is 0.158. The van der Waals surface area contributed by atoms with Crippen molar-refractivity contribution >= 4 is 16.9 Å². The molecule has 0 atom stereocenters. The number of carbonyl (C=O) groups is 1. The fourth-order valence-corrected chi connectivity index (χ4v) is 3.34. The van der Waals surface area contributed by atoms with Crippen molar-refractivity contribution in [2.75, 3.05) is 6.54 Å². The van der Waals surface area contributed by atoms with E-state index in [0.29, 0.717) is 19.5 Å². The molecule has 4 N–H and O–H groups in total. The van der Waals surface area contributed by atoms with Gasteiger partial charge in [0.15, 0.2) is 5.65 Å². The zero-order chi connectivity index (χ0) is 20.5. The van der Waals surface area contributed by atoms with Gasteiger partial charge in [-0.15, -0.1) is 0 Å². The third-order valence-corrected chi connectivity index (χ3v) is 5.67. The van der Waals surface area contributed by atoms with Crippen LogP contribution in [-0.4, -0.2) is 32.5 Å². The Morgan fingerprint density at radius 3 is 2.57 bits per heavy atom. The quantitative estimate of drug-likeness (QED) is 0.635. The SMILES string of the molecule is CCCn1c(=O)[nH]c(=O)c2c(C(=O)NCC(N)(CC)CC)cc(C3CC3)nc21. The van der Waals surface area contributed by atoms with Crippen LogP contribution in [0.5, 0.6) is 0 Å². The summed E-state index contributed by atoms with van der Waals surface area (Å²) in [5.74, 6) is -0.0847. The standard InChI is InChI=1S/C20H29N5O3/c1-4-9-25-16-15(18(27)24-19(25)28)13(10-14(23-16)12-7-8-12)17(26)22-11-20(21,5-2)6-3/h10,12H,4-9,11,21H2,1-3H3,(H,22,26)(H,24,27,28).